The first-order valence-electron chi connectivity index (χ1n) is 6.55. The SMILES string of the molecule is CC(C)NCc1ccc(NC(=O)c2ccnnc2)cc1. The highest BCUT2D eigenvalue weighted by molar-refractivity contribution is 6.03. The van der Waals surface area contributed by atoms with E-state index in [2.05, 4.69) is 34.7 Å². The maximum Gasteiger partial charge on any atom is 0.257 e. The van der Waals surface area contributed by atoms with Crippen molar-refractivity contribution < 1.29 is 4.79 Å². The van der Waals surface area contributed by atoms with Crippen LogP contribution < -0.4 is 10.6 Å². The molecular weight excluding hydrogens is 252 g/mol. The Labute approximate surface area is 118 Å². The molecule has 1 amide bonds. The Morgan fingerprint density at radius 1 is 1.15 bits per heavy atom. The van der Waals surface area contributed by atoms with E-state index in [1.165, 1.54) is 18.0 Å². The largest absolute Gasteiger partial charge is 0.322 e. The predicted octanol–water partition coefficient (Wildman–Crippen LogP) is 2.23. The van der Waals surface area contributed by atoms with Gasteiger partial charge in [0.2, 0.25) is 0 Å². The molecule has 2 aromatic rings. The highest BCUT2D eigenvalue weighted by Crippen LogP contribution is 2.11. The lowest BCUT2D eigenvalue weighted by atomic mass is 10.2. The van der Waals surface area contributed by atoms with Crippen molar-refractivity contribution in [1.82, 2.24) is 15.5 Å². The van der Waals surface area contributed by atoms with E-state index < -0.39 is 0 Å². The molecule has 0 aliphatic rings. The first-order chi connectivity index (χ1) is 9.65. The minimum atomic E-state index is -0.187. The molecule has 0 aliphatic heterocycles. The van der Waals surface area contributed by atoms with Crippen molar-refractivity contribution in [2.75, 3.05) is 5.32 Å². The molecule has 0 atom stereocenters. The standard InChI is InChI=1S/C15H18N4O/c1-11(2)16-9-12-3-5-14(6-4-12)19-15(20)13-7-8-17-18-10-13/h3-8,10-11,16H,9H2,1-2H3,(H,19,20). The van der Waals surface area contributed by atoms with Gasteiger partial charge < -0.3 is 10.6 Å². The van der Waals surface area contributed by atoms with Crippen molar-refractivity contribution in [3.8, 4) is 0 Å². The zero-order valence-electron chi connectivity index (χ0n) is 11.6. The van der Waals surface area contributed by atoms with Gasteiger partial charge in [-0.15, -0.1) is 0 Å². The quantitative estimate of drug-likeness (QED) is 0.874. The van der Waals surface area contributed by atoms with Crippen LogP contribution in [-0.4, -0.2) is 22.1 Å². The van der Waals surface area contributed by atoms with E-state index in [1.54, 1.807) is 6.07 Å². The number of hydrogen-bond acceptors (Lipinski definition) is 4. The van der Waals surface area contributed by atoms with Gasteiger partial charge in [0.15, 0.2) is 0 Å². The molecule has 5 nitrogen and oxygen atoms in total. The third kappa shape index (κ3) is 4.13. The summed E-state index contributed by atoms with van der Waals surface area (Å²) in [7, 11) is 0. The fourth-order valence-corrected chi connectivity index (χ4v) is 1.66. The average molecular weight is 270 g/mol. The zero-order valence-corrected chi connectivity index (χ0v) is 11.6. The molecule has 0 saturated heterocycles. The third-order valence-electron chi connectivity index (χ3n) is 2.77. The summed E-state index contributed by atoms with van der Waals surface area (Å²) in [6, 6.07) is 9.86. The van der Waals surface area contributed by atoms with Gasteiger partial charge in [-0.3, -0.25) is 4.79 Å². The van der Waals surface area contributed by atoms with Crippen LogP contribution in [0.25, 0.3) is 0 Å². The summed E-state index contributed by atoms with van der Waals surface area (Å²) in [5.74, 6) is -0.187. The molecular formula is C15H18N4O. The Hall–Kier alpha value is -2.27. The van der Waals surface area contributed by atoms with Crippen molar-refractivity contribution in [2.45, 2.75) is 26.4 Å². The Kier molecular flexibility index (Phi) is 4.79. The molecule has 20 heavy (non-hydrogen) atoms. The van der Waals surface area contributed by atoms with Crippen LogP contribution in [0.2, 0.25) is 0 Å². The third-order valence-corrected chi connectivity index (χ3v) is 2.77. The van der Waals surface area contributed by atoms with Crippen molar-refractivity contribution >= 4 is 11.6 Å². The number of aromatic nitrogens is 2. The van der Waals surface area contributed by atoms with Crippen LogP contribution in [0.5, 0.6) is 0 Å². The highest BCUT2D eigenvalue weighted by atomic mass is 16.1. The Morgan fingerprint density at radius 2 is 1.90 bits per heavy atom. The lowest BCUT2D eigenvalue weighted by Gasteiger charge is -2.09. The second kappa shape index (κ2) is 6.77. The molecule has 1 aromatic heterocycles. The number of anilines is 1. The zero-order chi connectivity index (χ0) is 14.4. The summed E-state index contributed by atoms with van der Waals surface area (Å²) >= 11 is 0. The van der Waals surface area contributed by atoms with Crippen LogP contribution in [0.15, 0.2) is 42.7 Å². The number of rotatable bonds is 5. The second-order valence-electron chi connectivity index (χ2n) is 4.82. The van der Waals surface area contributed by atoms with Gasteiger partial charge in [0.25, 0.3) is 5.91 Å². The number of carbonyl (C=O) groups excluding carboxylic acids is 1. The van der Waals surface area contributed by atoms with Crippen LogP contribution >= 0.6 is 0 Å². The summed E-state index contributed by atoms with van der Waals surface area (Å²) in [5, 5.41) is 13.5. The smallest absolute Gasteiger partial charge is 0.257 e. The fourth-order valence-electron chi connectivity index (χ4n) is 1.66. The summed E-state index contributed by atoms with van der Waals surface area (Å²) in [5.41, 5.74) is 2.44. The van der Waals surface area contributed by atoms with Gasteiger partial charge in [0.05, 0.1) is 18.0 Å². The summed E-state index contributed by atoms with van der Waals surface area (Å²) < 4.78 is 0. The molecule has 0 bridgehead atoms. The van der Waals surface area contributed by atoms with E-state index in [9.17, 15) is 4.79 Å². The van der Waals surface area contributed by atoms with Crippen LogP contribution in [0, 0.1) is 0 Å². The van der Waals surface area contributed by atoms with Gasteiger partial charge in [-0.2, -0.15) is 10.2 Å². The minimum Gasteiger partial charge on any atom is -0.322 e. The predicted molar refractivity (Wildman–Crippen MR) is 78.4 cm³/mol. The normalized spacial score (nSPS) is 10.6. The number of nitrogens with one attached hydrogen (secondary N) is 2. The van der Waals surface area contributed by atoms with Gasteiger partial charge in [-0.05, 0) is 23.8 Å². The van der Waals surface area contributed by atoms with E-state index in [4.69, 9.17) is 0 Å². The molecule has 1 heterocycles. The number of nitrogens with zero attached hydrogens (tertiary/aromatic N) is 2. The summed E-state index contributed by atoms with van der Waals surface area (Å²) in [6.07, 6.45) is 2.94. The summed E-state index contributed by atoms with van der Waals surface area (Å²) in [4.78, 5) is 11.9. The molecule has 0 aliphatic carbocycles. The molecule has 0 fully saturated rings. The number of carbonyl (C=O) groups is 1. The number of benzene rings is 1. The van der Waals surface area contributed by atoms with E-state index >= 15 is 0 Å². The van der Waals surface area contributed by atoms with Crippen LogP contribution in [-0.2, 0) is 6.54 Å². The van der Waals surface area contributed by atoms with Gasteiger partial charge in [0.1, 0.15) is 0 Å². The first kappa shape index (κ1) is 14.1. The van der Waals surface area contributed by atoms with E-state index in [0.717, 1.165) is 12.2 Å². The minimum absolute atomic E-state index is 0.187. The molecule has 1 aromatic carbocycles. The van der Waals surface area contributed by atoms with E-state index in [1.807, 2.05) is 24.3 Å². The Bertz CT molecular complexity index is 552. The molecule has 0 saturated carbocycles. The first-order valence-corrected chi connectivity index (χ1v) is 6.55. The van der Waals surface area contributed by atoms with Crippen molar-refractivity contribution in [3.05, 3.63) is 53.9 Å². The van der Waals surface area contributed by atoms with Crippen LogP contribution in [0.3, 0.4) is 0 Å². The fraction of sp³-hybridized carbons (Fsp3) is 0.267. The molecule has 5 heteroatoms. The monoisotopic (exact) mass is 270 g/mol. The maximum absolute atomic E-state index is 11.9. The van der Waals surface area contributed by atoms with Gasteiger partial charge >= 0.3 is 0 Å². The van der Waals surface area contributed by atoms with Crippen LogP contribution in [0.1, 0.15) is 29.8 Å². The molecule has 0 radical (unpaired) electrons. The lowest BCUT2D eigenvalue weighted by Crippen LogP contribution is -2.21. The number of amides is 1. The average Bonchev–Trinajstić information content (AvgIpc) is 2.47. The number of hydrogen-bond donors (Lipinski definition) is 2. The molecule has 2 rings (SSSR count). The maximum atomic E-state index is 11.9. The molecule has 0 spiro atoms. The Balaban J connectivity index is 1.95. The topological polar surface area (TPSA) is 66.9 Å². The summed E-state index contributed by atoms with van der Waals surface area (Å²) in [6.45, 7) is 5.04. The van der Waals surface area contributed by atoms with Crippen molar-refractivity contribution in [3.63, 3.8) is 0 Å². The van der Waals surface area contributed by atoms with Gasteiger partial charge in [-0.25, -0.2) is 0 Å². The molecule has 2 N–H and O–H groups in total. The van der Waals surface area contributed by atoms with Crippen LogP contribution in [0.4, 0.5) is 5.69 Å². The lowest BCUT2D eigenvalue weighted by molar-refractivity contribution is 0.102. The highest BCUT2D eigenvalue weighted by Gasteiger charge is 2.05. The molecule has 0 unspecified atom stereocenters. The van der Waals surface area contributed by atoms with Crippen molar-refractivity contribution in [1.29, 1.82) is 0 Å². The van der Waals surface area contributed by atoms with E-state index in [0.29, 0.717) is 11.6 Å². The Morgan fingerprint density at radius 3 is 2.50 bits per heavy atom. The van der Waals surface area contributed by atoms with Gasteiger partial charge in [0, 0.05) is 18.3 Å². The molecule has 104 valence electrons. The van der Waals surface area contributed by atoms with E-state index in [-0.39, 0.29) is 5.91 Å². The van der Waals surface area contributed by atoms with Crippen molar-refractivity contribution in [2.24, 2.45) is 0 Å². The van der Waals surface area contributed by atoms with Gasteiger partial charge in [-0.1, -0.05) is 26.0 Å². The second-order valence-corrected chi connectivity index (χ2v) is 4.82.